The lowest BCUT2D eigenvalue weighted by atomic mass is 9.65. The molecule has 2 aliphatic rings. The summed E-state index contributed by atoms with van der Waals surface area (Å²) in [6, 6.07) is 55.7. The standard InChI is InChI=1S/C43H25NO/c1-4-17-34-28(11-1)29-12-2-5-18-35(29)43(34)36-19-6-7-21-39(36)44-38-24-23-26(25-33(38)31-15-10-20-37(43)41(31)44)27-14-9-16-32-30-13-3-8-22-40(30)45-42(27)32/h1-25H. The molecule has 1 aliphatic carbocycles. The number of hydrogen-bond acceptors (Lipinski definition) is 1. The van der Waals surface area contributed by atoms with Crippen LogP contribution in [0.4, 0.5) is 0 Å². The number of fused-ring (bicyclic) bond motifs is 15. The minimum absolute atomic E-state index is 0.392. The van der Waals surface area contributed by atoms with Gasteiger partial charge in [0, 0.05) is 27.1 Å². The van der Waals surface area contributed by atoms with E-state index in [1.54, 1.807) is 0 Å². The molecule has 0 N–H and O–H groups in total. The zero-order chi connectivity index (χ0) is 29.3. The molecule has 1 aliphatic heterocycles. The van der Waals surface area contributed by atoms with Gasteiger partial charge in [-0.2, -0.15) is 0 Å². The Hall–Kier alpha value is -5.86. The molecule has 0 radical (unpaired) electrons. The van der Waals surface area contributed by atoms with Crippen LogP contribution in [0.15, 0.2) is 156 Å². The van der Waals surface area contributed by atoms with E-state index >= 15 is 0 Å². The smallest absolute Gasteiger partial charge is 0.143 e. The van der Waals surface area contributed by atoms with Crippen LogP contribution in [0.25, 0.3) is 71.7 Å². The fourth-order valence-corrected chi connectivity index (χ4v) is 8.71. The molecule has 0 saturated heterocycles. The first kappa shape index (κ1) is 23.6. The Morgan fingerprint density at radius 3 is 1.91 bits per heavy atom. The van der Waals surface area contributed by atoms with Gasteiger partial charge in [-0.15, -0.1) is 0 Å². The predicted molar refractivity (Wildman–Crippen MR) is 184 cm³/mol. The number of nitrogens with zero attached hydrogens (tertiary/aromatic N) is 1. The summed E-state index contributed by atoms with van der Waals surface area (Å²) in [5.41, 5.74) is 15.5. The van der Waals surface area contributed by atoms with Crippen molar-refractivity contribution in [2.75, 3.05) is 0 Å². The highest BCUT2D eigenvalue weighted by atomic mass is 16.3. The molecule has 9 aromatic rings. The Kier molecular flexibility index (Phi) is 4.29. The van der Waals surface area contributed by atoms with Crippen molar-refractivity contribution in [2.45, 2.75) is 5.41 Å². The molecule has 208 valence electrons. The molecular formula is C43H25NO. The monoisotopic (exact) mass is 571 g/mol. The van der Waals surface area contributed by atoms with Crippen molar-refractivity contribution in [1.82, 2.24) is 4.57 Å². The number of benzene rings is 7. The fourth-order valence-electron chi connectivity index (χ4n) is 8.71. The van der Waals surface area contributed by atoms with Crippen molar-refractivity contribution in [1.29, 1.82) is 0 Å². The lowest BCUT2D eigenvalue weighted by Crippen LogP contribution is -2.33. The van der Waals surface area contributed by atoms with Crippen molar-refractivity contribution in [2.24, 2.45) is 0 Å². The summed E-state index contributed by atoms with van der Waals surface area (Å²) < 4.78 is 8.97. The molecule has 3 heterocycles. The Morgan fingerprint density at radius 2 is 1.07 bits per heavy atom. The van der Waals surface area contributed by atoms with Crippen molar-refractivity contribution >= 4 is 43.7 Å². The predicted octanol–water partition coefficient (Wildman–Crippen LogP) is 11.0. The zero-order valence-corrected chi connectivity index (χ0v) is 24.3. The average molecular weight is 572 g/mol. The van der Waals surface area contributed by atoms with E-state index in [9.17, 15) is 0 Å². The van der Waals surface area contributed by atoms with Crippen LogP contribution in [0, 0.1) is 0 Å². The lowest BCUT2D eigenvalue weighted by Gasteiger charge is -2.39. The van der Waals surface area contributed by atoms with E-state index in [1.165, 1.54) is 60.9 Å². The van der Waals surface area contributed by atoms with Crippen LogP contribution in [0.3, 0.4) is 0 Å². The maximum absolute atomic E-state index is 6.46. The highest BCUT2D eigenvalue weighted by molar-refractivity contribution is 6.15. The van der Waals surface area contributed by atoms with Crippen molar-refractivity contribution in [3.05, 3.63) is 174 Å². The minimum Gasteiger partial charge on any atom is -0.455 e. The first-order chi connectivity index (χ1) is 22.3. The third-order valence-electron chi connectivity index (χ3n) is 10.4. The van der Waals surface area contributed by atoms with Crippen LogP contribution in [0.1, 0.15) is 22.3 Å². The van der Waals surface area contributed by atoms with Crippen LogP contribution in [0.5, 0.6) is 0 Å². The second kappa shape index (κ2) is 8.19. The van der Waals surface area contributed by atoms with Gasteiger partial charge in [0.15, 0.2) is 0 Å². The molecule has 2 aromatic heterocycles. The first-order valence-corrected chi connectivity index (χ1v) is 15.6. The maximum Gasteiger partial charge on any atom is 0.143 e. The van der Waals surface area contributed by atoms with Gasteiger partial charge < -0.3 is 8.98 Å². The van der Waals surface area contributed by atoms with E-state index in [0.29, 0.717) is 0 Å². The summed E-state index contributed by atoms with van der Waals surface area (Å²) in [5, 5.41) is 4.84. The topological polar surface area (TPSA) is 18.1 Å². The molecule has 0 bridgehead atoms. The molecule has 0 saturated carbocycles. The summed E-state index contributed by atoms with van der Waals surface area (Å²) in [6.07, 6.45) is 0. The molecule has 11 rings (SSSR count). The molecule has 0 atom stereocenters. The van der Waals surface area contributed by atoms with E-state index in [-0.39, 0.29) is 0 Å². The van der Waals surface area contributed by atoms with Gasteiger partial charge in [0.25, 0.3) is 0 Å². The Balaban J connectivity index is 1.27. The minimum atomic E-state index is -0.392. The van der Waals surface area contributed by atoms with E-state index < -0.39 is 5.41 Å². The zero-order valence-electron chi connectivity index (χ0n) is 24.3. The number of para-hydroxylation sites is 4. The van der Waals surface area contributed by atoms with Gasteiger partial charge in [0.2, 0.25) is 0 Å². The van der Waals surface area contributed by atoms with Gasteiger partial charge in [0.05, 0.1) is 22.1 Å². The van der Waals surface area contributed by atoms with Crippen LogP contribution in [0.2, 0.25) is 0 Å². The molecule has 0 fully saturated rings. The molecule has 1 spiro atoms. The first-order valence-electron chi connectivity index (χ1n) is 15.6. The summed E-state index contributed by atoms with van der Waals surface area (Å²) in [6.45, 7) is 0. The SMILES string of the molecule is c1ccc2c(c1)-c1ccccc1C21c2ccccc2-n2c3ccc(-c4cccc5c4oc4ccccc45)cc3c3cccc1c32. The van der Waals surface area contributed by atoms with Gasteiger partial charge in [0.1, 0.15) is 11.2 Å². The Morgan fingerprint density at radius 1 is 0.444 bits per heavy atom. The van der Waals surface area contributed by atoms with E-state index in [0.717, 1.165) is 33.1 Å². The highest BCUT2D eigenvalue weighted by Gasteiger charge is 2.50. The fraction of sp³-hybridized carbons (Fsp3) is 0.0233. The number of furan rings is 1. The van der Waals surface area contributed by atoms with Gasteiger partial charge in [-0.3, -0.25) is 0 Å². The average Bonchev–Trinajstić information content (AvgIpc) is 3.75. The normalized spacial score (nSPS) is 14.0. The van der Waals surface area contributed by atoms with Crippen LogP contribution in [-0.2, 0) is 5.41 Å². The van der Waals surface area contributed by atoms with Crippen LogP contribution >= 0.6 is 0 Å². The van der Waals surface area contributed by atoms with Crippen molar-refractivity contribution < 1.29 is 4.42 Å². The summed E-state index contributed by atoms with van der Waals surface area (Å²) >= 11 is 0. The molecular weight excluding hydrogens is 546 g/mol. The van der Waals surface area contributed by atoms with Gasteiger partial charge in [-0.1, -0.05) is 127 Å². The number of rotatable bonds is 1. The van der Waals surface area contributed by atoms with Gasteiger partial charge >= 0.3 is 0 Å². The summed E-state index contributed by atoms with van der Waals surface area (Å²) in [5.74, 6) is 0. The molecule has 45 heavy (non-hydrogen) atoms. The van der Waals surface area contributed by atoms with Crippen LogP contribution in [-0.4, -0.2) is 4.57 Å². The van der Waals surface area contributed by atoms with Crippen molar-refractivity contribution in [3.63, 3.8) is 0 Å². The third kappa shape index (κ3) is 2.73. The van der Waals surface area contributed by atoms with Gasteiger partial charge in [-0.05, 0) is 63.2 Å². The number of hydrogen-bond donors (Lipinski definition) is 0. The molecule has 2 nitrogen and oxygen atoms in total. The quantitative estimate of drug-likeness (QED) is 0.192. The lowest BCUT2D eigenvalue weighted by molar-refractivity contribution is 0.670. The maximum atomic E-state index is 6.46. The molecule has 2 heteroatoms. The van der Waals surface area contributed by atoms with E-state index in [2.05, 4.69) is 150 Å². The largest absolute Gasteiger partial charge is 0.455 e. The molecule has 7 aromatic carbocycles. The van der Waals surface area contributed by atoms with Crippen LogP contribution < -0.4 is 0 Å². The van der Waals surface area contributed by atoms with Crippen molar-refractivity contribution in [3.8, 4) is 27.9 Å². The number of aromatic nitrogens is 1. The highest BCUT2D eigenvalue weighted by Crippen LogP contribution is 2.60. The van der Waals surface area contributed by atoms with E-state index in [1.807, 2.05) is 6.07 Å². The van der Waals surface area contributed by atoms with Gasteiger partial charge in [-0.25, -0.2) is 0 Å². The second-order valence-electron chi connectivity index (χ2n) is 12.4. The summed E-state index contributed by atoms with van der Waals surface area (Å²) in [4.78, 5) is 0. The Bertz CT molecular complexity index is 2670. The summed E-state index contributed by atoms with van der Waals surface area (Å²) in [7, 11) is 0. The third-order valence-corrected chi connectivity index (χ3v) is 10.4. The van der Waals surface area contributed by atoms with E-state index in [4.69, 9.17) is 4.42 Å². The molecule has 0 amide bonds. The second-order valence-corrected chi connectivity index (χ2v) is 12.4. The Labute approximate surface area is 259 Å². The molecule has 0 unspecified atom stereocenters.